The van der Waals surface area contributed by atoms with E-state index in [1.165, 1.54) is 91.8 Å². The first-order valence-corrected chi connectivity index (χ1v) is 28.5. The molecule has 0 unspecified atom stereocenters. The fraction of sp³-hybridized carbons (Fsp3) is 0. The number of nitrogens with zero attached hydrogens (tertiary/aromatic N) is 3. The summed E-state index contributed by atoms with van der Waals surface area (Å²) in [7, 11) is -2.99. The molecule has 0 bridgehead atoms. The van der Waals surface area contributed by atoms with Gasteiger partial charge >= 0.3 is 0 Å². The molecule has 4 nitrogen and oxygen atoms in total. The smallest absolute Gasteiger partial charge is 0.179 e. The molecule has 0 saturated heterocycles. The van der Waals surface area contributed by atoms with Crippen LogP contribution in [0.5, 0.6) is 0 Å². The number of aromatic nitrogens is 3. The molecule has 0 aliphatic heterocycles. The number of rotatable bonds is 8. The lowest BCUT2D eigenvalue weighted by atomic mass is 10.0. The Morgan fingerprint density at radius 2 is 0.701 bits per heavy atom. The van der Waals surface area contributed by atoms with Gasteiger partial charge in [0.1, 0.15) is 11.2 Å². The Morgan fingerprint density at radius 1 is 0.247 bits per heavy atom. The number of para-hydroxylation sites is 6. The van der Waals surface area contributed by atoms with Crippen molar-refractivity contribution in [3.05, 3.63) is 285 Å². The van der Waals surface area contributed by atoms with Crippen molar-refractivity contribution in [1.29, 1.82) is 0 Å². The van der Waals surface area contributed by atoms with Gasteiger partial charge in [-0.2, -0.15) is 0 Å². The van der Waals surface area contributed by atoms with Crippen LogP contribution in [0.1, 0.15) is 0 Å². The molecule has 0 saturated carbocycles. The number of hydrogen-bond acceptors (Lipinski definition) is 1. The van der Waals surface area contributed by atoms with Gasteiger partial charge in [-0.3, -0.25) is 0 Å². The van der Waals surface area contributed by atoms with Gasteiger partial charge in [-0.25, -0.2) is 0 Å². The molecule has 0 aliphatic carbocycles. The second-order valence-electron chi connectivity index (χ2n) is 20.4. The molecule has 0 atom stereocenters. The summed E-state index contributed by atoms with van der Waals surface area (Å²) < 4.78 is 14.0. The van der Waals surface area contributed by atoms with Crippen LogP contribution in [-0.4, -0.2) is 21.8 Å². The Morgan fingerprint density at radius 3 is 1.35 bits per heavy atom. The second kappa shape index (κ2) is 17.0. The highest BCUT2D eigenvalue weighted by atomic mass is 28.3. The van der Waals surface area contributed by atoms with Gasteiger partial charge < -0.3 is 18.1 Å². The van der Waals surface area contributed by atoms with Crippen molar-refractivity contribution in [1.82, 2.24) is 13.7 Å². The molecule has 360 valence electrons. The topological polar surface area (TPSA) is 27.9 Å². The van der Waals surface area contributed by atoms with Crippen molar-refractivity contribution < 1.29 is 4.42 Å². The van der Waals surface area contributed by atoms with E-state index >= 15 is 0 Å². The highest BCUT2D eigenvalue weighted by molar-refractivity contribution is 7.20. The number of furan rings is 1. The summed E-state index contributed by atoms with van der Waals surface area (Å²) in [4.78, 5) is 0. The number of fused-ring (bicyclic) bond motifs is 12. The van der Waals surface area contributed by atoms with Gasteiger partial charge in [-0.15, -0.1) is 0 Å². The van der Waals surface area contributed by atoms with E-state index in [2.05, 4.69) is 293 Å². The summed E-state index contributed by atoms with van der Waals surface area (Å²) >= 11 is 0. The minimum atomic E-state index is -2.99. The van der Waals surface area contributed by atoms with Crippen molar-refractivity contribution in [2.24, 2.45) is 0 Å². The zero-order valence-corrected chi connectivity index (χ0v) is 42.9. The first-order chi connectivity index (χ1) is 38.2. The Bertz CT molecular complexity index is 4910. The third-order valence-electron chi connectivity index (χ3n) is 16.4. The van der Waals surface area contributed by atoms with Gasteiger partial charge in [0.25, 0.3) is 0 Å². The maximum absolute atomic E-state index is 6.64. The van der Waals surface area contributed by atoms with Crippen LogP contribution in [0.4, 0.5) is 0 Å². The van der Waals surface area contributed by atoms with Crippen molar-refractivity contribution in [3.8, 4) is 28.2 Å². The Kier molecular flexibility index (Phi) is 9.62. The lowest BCUT2D eigenvalue weighted by Crippen LogP contribution is -2.74. The van der Waals surface area contributed by atoms with Crippen LogP contribution in [0.3, 0.4) is 0 Å². The van der Waals surface area contributed by atoms with E-state index in [9.17, 15) is 0 Å². The standard InChI is InChI=1S/C72H47N3OSi/c1-3-21-51(22-4-1)77(52-23-5-2-6-24-52,54-40-41-61-60-31-12-18-37-71(60)76-72(61)47-54)53-25-19-20-49(45-53)73-66-34-15-11-30-59(66)63-46-50(39-43-70(63)73)74-65-33-14-10-29-58(65)62-44-48(38-42-69(62)74)55-26-7-13-32-64(55)75-67-35-16-8-27-56(67)57-28-9-17-36-68(57)75/h1-47H. The zero-order valence-electron chi connectivity index (χ0n) is 41.9. The molecule has 0 N–H and O–H groups in total. The van der Waals surface area contributed by atoms with Crippen molar-refractivity contribution >= 4 is 116 Å². The minimum absolute atomic E-state index is 0.906. The fourth-order valence-electron chi connectivity index (χ4n) is 13.1. The maximum atomic E-state index is 6.64. The fourth-order valence-corrected chi connectivity index (χ4v) is 17.9. The molecular weight excluding hydrogens is 951 g/mol. The van der Waals surface area contributed by atoms with E-state index in [4.69, 9.17) is 4.42 Å². The Labute approximate surface area is 445 Å². The summed E-state index contributed by atoms with van der Waals surface area (Å²) in [6, 6.07) is 105. The molecule has 0 radical (unpaired) electrons. The number of hydrogen-bond donors (Lipinski definition) is 0. The summed E-state index contributed by atoms with van der Waals surface area (Å²) in [6.45, 7) is 0. The molecule has 12 aromatic carbocycles. The van der Waals surface area contributed by atoms with Gasteiger partial charge in [0.2, 0.25) is 0 Å². The summed E-state index contributed by atoms with van der Waals surface area (Å²) in [5, 5.41) is 14.9. The van der Waals surface area contributed by atoms with Gasteiger partial charge in [0.15, 0.2) is 8.07 Å². The molecule has 4 aromatic heterocycles. The lowest BCUT2D eigenvalue weighted by molar-refractivity contribution is 0.669. The molecule has 16 aromatic rings. The normalized spacial score (nSPS) is 12.2. The second-order valence-corrected chi connectivity index (χ2v) is 24.2. The summed E-state index contributed by atoms with van der Waals surface area (Å²) in [5.41, 5.74) is 14.7. The third-order valence-corrected chi connectivity index (χ3v) is 21.1. The van der Waals surface area contributed by atoms with E-state index in [1.54, 1.807) is 0 Å². The van der Waals surface area contributed by atoms with E-state index in [0.29, 0.717) is 0 Å². The molecule has 4 heterocycles. The highest BCUT2D eigenvalue weighted by Crippen LogP contribution is 2.41. The quantitative estimate of drug-likeness (QED) is 0.110. The average Bonchev–Trinajstić information content (AvgIpc) is 4.26. The first-order valence-electron chi connectivity index (χ1n) is 26.5. The minimum Gasteiger partial charge on any atom is -0.456 e. The van der Waals surface area contributed by atoms with Gasteiger partial charge in [-0.1, -0.05) is 200 Å². The maximum Gasteiger partial charge on any atom is 0.179 e. The Balaban J connectivity index is 0.867. The summed E-state index contributed by atoms with van der Waals surface area (Å²) in [5.74, 6) is 0. The SMILES string of the molecule is c1ccc([Si](c2ccccc2)(c2cccc(-n3c4ccccc4c4cc(-n5c6ccccc6c6cc(-c7ccccc7-n7c8ccccc8c8ccccc87)ccc65)ccc43)c2)c2ccc3c(c2)oc2ccccc23)cc1. The van der Waals surface area contributed by atoms with E-state index in [-0.39, 0.29) is 0 Å². The first kappa shape index (κ1) is 43.5. The van der Waals surface area contributed by atoms with Crippen LogP contribution in [0.2, 0.25) is 0 Å². The van der Waals surface area contributed by atoms with Crippen molar-refractivity contribution in [2.75, 3.05) is 0 Å². The molecule has 0 fully saturated rings. The van der Waals surface area contributed by atoms with Crippen LogP contribution in [0, 0.1) is 0 Å². The van der Waals surface area contributed by atoms with E-state index in [0.717, 1.165) is 44.5 Å². The molecule has 0 amide bonds. The van der Waals surface area contributed by atoms with E-state index < -0.39 is 8.07 Å². The van der Waals surface area contributed by atoms with Crippen LogP contribution in [0.25, 0.3) is 116 Å². The highest BCUT2D eigenvalue weighted by Gasteiger charge is 2.42. The van der Waals surface area contributed by atoms with Crippen molar-refractivity contribution in [3.63, 3.8) is 0 Å². The molecule has 0 spiro atoms. The predicted octanol–water partition coefficient (Wildman–Crippen LogP) is 15.9. The average molecular weight is 998 g/mol. The number of benzene rings is 12. The van der Waals surface area contributed by atoms with E-state index in [1.807, 2.05) is 6.07 Å². The third kappa shape index (κ3) is 6.45. The van der Waals surface area contributed by atoms with Gasteiger partial charge in [0.05, 0.1) is 38.8 Å². The summed E-state index contributed by atoms with van der Waals surface area (Å²) in [6.07, 6.45) is 0. The van der Waals surface area contributed by atoms with Crippen LogP contribution < -0.4 is 20.7 Å². The van der Waals surface area contributed by atoms with Gasteiger partial charge in [-0.05, 0) is 111 Å². The van der Waals surface area contributed by atoms with Gasteiger partial charge in [0, 0.05) is 60.0 Å². The largest absolute Gasteiger partial charge is 0.456 e. The molecular formula is C72H47N3OSi. The zero-order chi connectivity index (χ0) is 50.6. The monoisotopic (exact) mass is 997 g/mol. The van der Waals surface area contributed by atoms with Crippen LogP contribution in [0.15, 0.2) is 290 Å². The molecule has 77 heavy (non-hydrogen) atoms. The predicted molar refractivity (Wildman–Crippen MR) is 326 cm³/mol. The molecule has 0 aliphatic rings. The van der Waals surface area contributed by atoms with Crippen LogP contribution >= 0.6 is 0 Å². The molecule has 5 heteroatoms. The lowest BCUT2D eigenvalue weighted by Gasteiger charge is -2.34. The van der Waals surface area contributed by atoms with Crippen molar-refractivity contribution in [2.45, 2.75) is 0 Å². The Hall–Kier alpha value is -9.94. The van der Waals surface area contributed by atoms with Crippen LogP contribution in [-0.2, 0) is 0 Å². The molecule has 16 rings (SSSR count).